The van der Waals surface area contributed by atoms with Crippen LogP contribution in [0.25, 0.3) is 0 Å². The minimum absolute atomic E-state index is 0.0000301. The number of likely N-dealkylation sites (N-methyl/N-ethyl adjacent to an activating group) is 1. The molecule has 0 bridgehead atoms. The van der Waals surface area contributed by atoms with E-state index in [1.165, 1.54) is 0 Å². The first kappa shape index (κ1) is 25.5. The summed E-state index contributed by atoms with van der Waals surface area (Å²) in [6.07, 6.45) is 2.61. The van der Waals surface area contributed by atoms with E-state index >= 15 is 0 Å². The highest BCUT2D eigenvalue weighted by Crippen LogP contribution is 2.24. The minimum atomic E-state index is -0.588. The van der Waals surface area contributed by atoms with Gasteiger partial charge in [0.25, 0.3) is 5.91 Å². The number of amides is 3. The Morgan fingerprint density at radius 3 is 2.29 bits per heavy atom. The van der Waals surface area contributed by atoms with Crippen LogP contribution in [-0.2, 0) is 16.0 Å². The lowest BCUT2D eigenvalue weighted by atomic mass is 9.88. The summed E-state index contributed by atoms with van der Waals surface area (Å²) >= 11 is 0. The second-order valence-corrected chi connectivity index (χ2v) is 9.03. The lowest BCUT2D eigenvalue weighted by Crippen LogP contribution is -2.54. The Labute approximate surface area is 203 Å². The Morgan fingerprint density at radius 2 is 1.68 bits per heavy atom. The Kier molecular flexibility index (Phi) is 9.25. The Bertz CT molecular complexity index is 964. The summed E-state index contributed by atoms with van der Waals surface area (Å²) in [7, 11) is 0. The number of carbonyl (C=O) groups is 3. The van der Waals surface area contributed by atoms with Crippen molar-refractivity contribution in [2.24, 2.45) is 5.92 Å². The number of carbonyl (C=O) groups excluding carboxylic acids is 3. The van der Waals surface area contributed by atoms with Gasteiger partial charge >= 0.3 is 0 Å². The van der Waals surface area contributed by atoms with Crippen LogP contribution in [0.3, 0.4) is 0 Å². The maximum absolute atomic E-state index is 13.3. The number of likely N-dealkylation sites (tertiary alicyclic amines) is 1. The number of hydrogen-bond donors (Lipinski definition) is 1. The molecule has 1 N–H and O–H groups in total. The van der Waals surface area contributed by atoms with Crippen LogP contribution in [-0.4, -0.2) is 59.7 Å². The molecular weight excluding hydrogens is 426 g/mol. The molecular formula is C28H37N3O3. The molecule has 182 valence electrons. The van der Waals surface area contributed by atoms with Gasteiger partial charge in [0.15, 0.2) is 0 Å². The standard InChI is InChI=1S/C28H37N3O3/c1-4-30(5-2)28(34)26(29-27(33)24-13-9-10-21(3)20-24)23-16-18-31(19-17-23)25(32)15-14-22-11-7-6-8-12-22/h6-13,20,23,26H,4-5,14-19H2,1-3H3,(H,29,33). The summed E-state index contributed by atoms with van der Waals surface area (Å²) in [5.41, 5.74) is 2.72. The van der Waals surface area contributed by atoms with Crippen molar-refractivity contribution < 1.29 is 14.4 Å². The average Bonchev–Trinajstić information content (AvgIpc) is 2.87. The maximum atomic E-state index is 13.3. The van der Waals surface area contributed by atoms with Crippen LogP contribution in [0.15, 0.2) is 54.6 Å². The molecule has 3 amide bonds. The van der Waals surface area contributed by atoms with Gasteiger partial charge in [-0.3, -0.25) is 14.4 Å². The summed E-state index contributed by atoms with van der Waals surface area (Å²) in [6, 6.07) is 16.9. The van der Waals surface area contributed by atoms with Crippen LogP contribution in [0.2, 0.25) is 0 Å². The quantitative estimate of drug-likeness (QED) is 0.614. The van der Waals surface area contributed by atoms with Crippen molar-refractivity contribution >= 4 is 17.7 Å². The Hall–Kier alpha value is -3.15. The fourth-order valence-corrected chi connectivity index (χ4v) is 4.66. The van der Waals surface area contributed by atoms with Crippen molar-refractivity contribution in [1.29, 1.82) is 0 Å². The third-order valence-corrected chi connectivity index (χ3v) is 6.74. The monoisotopic (exact) mass is 463 g/mol. The molecule has 0 radical (unpaired) electrons. The van der Waals surface area contributed by atoms with Gasteiger partial charge in [-0.25, -0.2) is 0 Å². The van der Waals surface area contributed by atoms with Crippen LogP contribution in [0.4, 0.5) is 0 Å². The van der Waals surface area contributed by atoms with Crippen LogP contribution in [0.5, 0.6) is 0 Å². The summed E-state index contributed by atoms with van der Waals surface area (Å²) in [5, 5.41) is 3.04. The molecule has 2 aromatic carbocycles. The normalized spacial score (nSPS) is 15.0. The first-order valence-corrected chi connectivity index (χ1v) is 12.4. The predicted octanol–water partition coefficient (Wildman–Crippen LogP) is 3.83. The van der Waals surface area contributed by atoms with Crippen molar-refractivity contribution in [3.8, 4) is 0 Å². The lowest BCUT2D eigenvalue weighted by Gasteiger charge is -2.37. The second-order valence-electron chi connectivity index (χ2n) is 9.03. The molecule has 1 atom stereocenters. The van der Waals surface area contributed by atoms with E-state index < -0.39 is 6.04 Å². The highest BCUT2D eigenvalue weighted by Gasteiger charge is 2.35. The number of benzene rings is 2. The fourth-order valence-electron chi connectivity index (χ4n) is 4.66. The van der Waals surface area contributed by atoms with E-state index in [2.05, 4.69) is 5.32 Å². The van der Waals surface area contributed by atoms with E-state index in [4.69, 9.17) is 0 Å². The third kappa shape index (κ3) is 6.69. The largest absolute Gasteiger partial charge is 0.343 e. The second kappa shape index (κ2) is 12.4. The summed E-state index contributed by atoms with van der Waals surface area (Å²) < 4.78 is 0. The van der Waals surface area contributed by atoms with Crippen molar-refractivity contribution in [2.75, 3.05) is 26.2 Å². The van der Waals surface area contributed by atoms with E-state index in [0.717, 1.165) is 17.5 Å². The van der Waals surface area contributed by atoms with E-state index in [9.17, 15) is 14.4 Å². The number of rotatable bonds is 9. The van der Waals surface area contributed by atoms with Crippen molar-refractivity contribution in [2.45, 2.75) is 52.5 Å². The number of nitrogens with zero attached hydrogens (tertiary/aromatic N) is 2. The zero-order valence-corrected chi connectivity index (χ0v) is 20.6. The van der Waals surface area contributed by atoms with Gasteiger partial charge in [0, 0.05) is 38.2 Å². The Morgan fingerprint density at radius 1 is 1.00 bits per heavy atom. The molecule has 3 rings (SSSR count). The highest BCUT2D eigenvalue weighted by atomic mass is 16.2. The van der Waals surface area contributed by atoms with Gasteiger partial charge in [-0.15, -0.1) is 0 Å². The number of aryl methyl sites for hydroxylation is 2. The summed E-state index contributed by atoms with van der Waals surface area (Å²) in [5.74, 6) is -0.117. The molecule has 34 heavy (non-hydrogen) atoms. The number of hydrogen-bond acceptors (Lipinski definition) is 3. The fraction of sp³-hybridized carbons (Fsp3) is 0.464. The van der Waals surface area contributed by atoms with Crippen LogP contribution in [0.1, 0.15) is 54.6 Å². The Balaban J connectivity index is 1.64. The first-order chi connectivity index (χ1) is 16.4. The van der Waals surface area contributed by atoms with E-state index in [1.54, 1.807) is 11.0 Å². The van der Waals surface area contributed by atoms with Crippen molar-refractivity contribution in [1.82, 2.24) is 15.1 Å². The zero-order chi connectivity index (χ0) is 24.5. The zero-order valence-electron chi connectivity index (χ0n) is 20.6. The lowest BCUT2D eigenvalue weighted by molar-refractivity contribution is -0.136. The van der Waals surface area contributed by atoms with Gasteiger partial charge in [0.2, 0.25) is 11.8 Å². The smallest absolute Gasteiger partial charge is 0.251 e. The van der Waals surface area contributed by atoms with Gasteiger partial charge in [-0.2, -0.15) is 0 Å². The SMILES string of the molecule is CCN(CC)C(=O)C(NC(=O)c1cccc(C)c1)C1CCN(C(=O)CCc2ccccc2)CC1. The predicted molar refractivity (Wildman–Crippen MR) is 134 cm³/mol. The van der Waals surface area contributed by atoms with Crippen LogP contribution in [0, 0.1) is 12.8 Å². The molecule has 1 fully saturated rings. The molecule has 6 nitrogen and oxygen atoms in total. The molecule has 0 aliphatic carbocycles. The molecule has 6 heteroatoms. The topological polar surface area (TPSA) is 69.7 Å². The molecule has 1 unspecified atom stereocenters. The molecule has 0 saturated carbocycles. The number of nitrogens with one attached hydrogen (secondary N) is 1. The van der Waals surface area contributed by atoms with Gasteiger partial charge < -0.3 is 15.1 Å². The highest BCUT2D eigenvalue weighted by molar-refractivity contribution is 5.97. The van der Waals surface area contributed by atoms with Crippen molar-refractivity contribution in [3.05, 3.63) is 71.3 Å². The average molecular weight is 464 g/mol. The van der Waals surface area contributed by atoms with E-state index in [-0.39, 0.29) is 23.6 Å². The van der Waals surface area contributed by atoms with Gasteiger partial charge in [0.05, 0.1) is 0 Å². The van der Waals surface area contributed by atoms with Gasteiger partial charge in [0.1, 0.15) is 6.04 Å². The van der Waals surface area contributed by atoms with Crippen molar-refractivity contribution in [3.63, 3.8) is 0 Å². The summed E-state index contributed by atoms with van der Waals surface area (Å²) in [6.45, 7) is 8.27. The third-order valence-electron chi connectivity index (χ3n) is 6.74. The van der Waals surface area contributed by atoms with Gasteiger partial charge in [-0.05, 0) is 63.6 Å². The van der Waals surface area contributed by atoms with Gasteiger partial charge in [-0.1, -0.05) is 48.0 Å². The van der Waals surface area contributed by atoms with Crippen LogP contribution >= 0.6 is 0 Å². The van der Waals surface area contributed by atoms with Crippen LogP contribution < -0.4 is 5.32 Å². The summed E-state index contributed by atoms with van der Waals surface area (Å²) in [4.78, 5) is 42.8. The molecule has 0 aromatic heterocycles. The molecule has 1 heterocycles. The van der Waals surface area contributed by atoms with E-state index in [0.29, 0.717) is 51.0 Å². The minimum Gasteiger partial charge on any atom is -0.343 e. The number of piperidine rings is 1. The molecule has 1 saturated heterocycles. The first-order valence-electron chi connectivity index (χ1n) is 12.4. The molecule has 2 aromatic rings. The maximum Gasteiger partial charge on any atom is 0.251 e. The van der Waals surface area contributed by atoms with E-state index in [1.807, 2.05) is 74.2 Å². The molecule has 0 spiro atoms. The molecule has 1 aliphatic heterocycles. The molecule has 1 aliphatic rings.